The summed E-state index contributed by atoms with van der Waals surface area (Å²) in [5, 5.41) is 34.6. The number of nitrogens with zero attached hydrogens (tertiary/aromatic N) is 4. The fourth-order valence-electron chi connectivity index (χ4n) is 2.34. The summed E-state index contributed by atoms with van der Waals surface area (Å²) in [6.45, 7) is 1.69. The Labute approximate surface area is 161 Å². The zero-order valence-electron chi connectivity index (χ0n) is 13.8. The number of nitro benzene ring substituents is 1. The zero-order valence-corrected chi connectivity index (χ0v) is 15.3. The van der Waals surface area contributed by atoms with E-state index in [1.54, 1.807) is 6.92 Å². The van der Waals surface area contributed by atoms with E-state index in [2.05, 4.69) is 10.1 Å². The van der Waals surface area contributed by atoms with Gasteiger partial charge in [0.25, 0.3) is 5.89 Å². The summed E-state index contributed by atoms with van der Waals surface area (Å²) in [4.78, 5) is 19.4. The van der Waals surface area contributed by atoms with Crippen molar-refractivity contribution in [2.24, 2.45) is 0 Å². The second kappa shape index (κ2) is 6.89. The third-order valence-electron chi connectivity index (χ3n) is 3.72. The number of phenols is 2. The van der Waals surface area contributed by atoms with E-state index >= 15 is 0 Å². The predicted molar refractivity (Wildman–Crippen MR) is 92.6 cm³/mol. The molecule has 3 rings (SSSR count). The van der Waals surface area contributed by atoms with E-state index < -0.39 is 22.1 Å². The summed E-state index contributed by atoms with van der Waals surface area (Å²) in [6, 6.07) is 2.05. The Hall–Kier alpha value is -3.11. The third-order valence-corrected chi connectivity index (χ3v) is 4.46. The highest BCUT2D eigenvalue weighted by atomic mass is 35.5. The summed E-state index contributed by atoms with van der Waals surface area (Å²) in [5.41, 5.74) is 0.213. The van der Waals surface area contributed by atoms with E-state index in [9.17, 15) is 20.3 Å². The SMILES string of the molecule is CO[n+]1cc(Cl)c(C)c(-c2noc(-c3cc(O)c(O)c([N+](=O)[O-])c3)n2)c1Cl. The molecule has 0 fully saturated rings. The van der Waals surface area contributed by atoms with Crippen LogP contribution < -0.4 is 9.57 Å². The van der Waals surface area contributed by atoms with E-state index in [0.717, 1.165) is 12.1 Å². The fraction of sp³-hybridized carbons (Fsp3) is 0.133. The molecule has 0 atom stereocenters. The Morgan fingerprint density at radius 1 is 1.33 bits per heavy atom. The van der Waals surface area contributed by atoms with Gasteiger partial charge < -0.3 is 14.7 Å². The first-order chi connectivity index (χ1) is 12.7. The molecular formula is C15H11Cl2N4O6+. The summed E-state index contributed by atoms with van der Waals surface area (Å²) in [7, 11) is 1.39. The van der Waals surface area contributed by atoms with Crippen molar-refractivity contribution in [3.8, 4) is 34.3 Å². The van der Waals surface area contributed by atoms with Crippen LogP contribution in [0.2, 0.25) is 10.2 Å². The molecule has 0 bridgehead atoms. The zero-order chi connectivity index (χ0) is 19.9. The van der Waals surface area contributed by atoms with Crippen LogP contribution in [0.1, 0.15) is 5.56 Å². The third kappa shape index (κ3) is 3.20. The van der Waals surface area contributed by atoms with Crippen LogP contribution in [-0.2, 0) is 0 Å². The molecule has 0 saturated heterocycles. The molecule has 0 aliphatic heterocycles. The molecule has 0 radical (unpaired) electrons. The number of pyridine rings is 1. The molecular weight excluding hydrogens is 403 g/mol. The Morgan fingerprint density at radius 3 is 2.67 bits per heavy atom. The highest BCUT2D eigenvalue weighted by Crippen LogP contribution is 2.39. The molecule has 3 aromatic rings. The van der Waals surface area contributed by atoms with Gasteiger partial charge in [-0.3, -0.25) is 15.0 Å². The van der Waals surface area contributed by atoms with Crippen LogP contribution in [0.4, 0.5) is 5.69 Å². The molecule has 0 aliphatic carbocycles. The van der Waals surface area contributed by atoms with Crippen LogP contribution in [0.3, 0.4) is 0 Å². The number of halogens is 2. The van der Waals surface area contributed by atoms with Crippen LogP contribution in [0.25, 0.3) is 22.8 Å². The maximum Gasteiger partial charge on any atom is 0.336 e. The quantitative estimate of drug-likeness (QED) is 0.219. The van der Waals surface area contributed by atoms with E-state index in [0.29, 0.717) is 16.1 Å². The monoisotopic (exact) mass is 413 g/mol. The van der Waals surface area contributed by atoms with E-state index in [-0.39, 0.29) is 22.4 Å². The van der Waals surface area contributed by atoms with Crippen LogP contribution in [0.5, 0.6) is 11.5 Å². The van der Waals surface area contributed by atoms with Gasteiger partial charge in [0.2, 0.25) is 17.8 Å². The summed E-state index contributed by atoms with van der Waals surface area (Å²) in [6.07, 6.45) is 1.46. The molecule has 2 N–H and O–H groups in total. The Kier molecular flexibility index (Phi) is 4.77. The minimum absolute atomic E-state index is 0.0335. The molecule has 1 aromatic carbocycles. The first kappa shape index (κ1) is 18.7. The molecule has 2 aromatic heterocycles. The molecule has 140 valence electrons. The molecule has 0 amide bonds. The highest BCUT2D eigenvalue weighted by Gasteiger charge is 2.28. The van der Waals surface area contributed by atoms with Crippen molar-refractivity contribution in [1.82, 2.24) is 10.1 Å². The first-order valence-electron chi connectivity index (χ1n) is 7.24. The summed E-state index contributed by atoms with van der Waals surface area (Å²) < 4.78 is 6.34. The van der Waals surface area contributed by atoms with Crippen LogP contribution >= 0.6 is 23.2 Å². The van der Waals surface area contributed by atoms with Crippen molar-refractivity contribution >= 4 is 28.9 Å². The number of benzene rings is 1. The number of hydrogen-bond donors (Lipinski definition) is 2. The van der Waals surface area contributed by atoms with Gasteiger partial charge in [-0.1, -0.05) is 16.8 Å². The largest absolute Gasteiger partial charge is 0.504 e. The molecule has 0 aliphatic rings. The number of aromatic hydroxyl groups is 2. The van der Waals surface area contributed by atoms with Gasteiger partial charge in [-0.25, -0.2) is 0 Å². The molecule has 27 heavy (non-hydrogen) atoms. The van der Waals surface area contributed by atoms with Gasteiger partial charge in [0.05, 0.1) is 10.5 Å². The molecule has 0 unspecified atom stereocenters. The van der Waals surface area contributed by atoms with Crippen LogP contribution in [0.15, 0.2) is 22.9 Å². The van der Waals surface area contributed by atoms with Gasteiger partial charge in [-0.05, 0) is 30.2 Å². The maximum atomic E-state index is 11.0. The van der Waals surface area contributed by atoms with E-state index in [1.165, 1.54) is 18.0 Å². The molecule has 0 spiro atoms. The van der Waals surface area contributed by atoms with Gasteiger partial charge in [0.15, 0.2) is 5.75 Å². The lowest BCUT2D eigenvalue weighted by molar-refractivity contribution is -0.883. The number of hydrogen-bond acceptors (Lipinski definition) is 8. The second-order valence-corrected chi connectivity index (χ2v) is 6.08. The summed E-state index contributed by atoms with van der Waals surface area (Å²) in [5.74, 6) is -1.65. The topological polar surface area (TPSA) is 136 Å². The summed E-state index contributed by atoms with van der Waals surface area (Å²) >= 11 is 12.4. The lowest BCUT2D eigenvalue weighted by Crippen LogP contribution is -2.42. The number of phenolic OH excluding ortho intramolecular Hbond substituents is 2. The van der Waals surface area contributed by atoms with Gasteiger partial charge in [0, 0.05) is 10.8 Å². The van der Waals surface area contributed by atoms with E-state index in [1.807, 2.05) is 0 Å². The van der Waals surface area contributed by atoms with Crippen LogP contribution in [0, 0.1) is 17.0 Å². The van der Waals surface area contributed by atoms with Crippen molar-refractivity contribution < 1.29 is 29.2 Å². The minimum atomic E-state index is -0.863. The highest BCUT2D eigenvalue weighted by molar-refractivity contribution is 6.34. The van der Waals surface area contributed by atoms with Crippen molar-refractivity contribution in [3.63, 3.8) is 0 Å². The first-order valence-corrected chi connectivity index (χ1v) is 7.99. The minimum Gasteiger partial charge on any atom is -0.504 e. The van der Waals surface area contributed by atoms with Gasteiger partial charge >= 0.3 is 10.8 Å². The number of aromatic nitrogens is 3. The maximum absolute atomic E-state index is 11.0. The van der Waals surface area contributed by atoms with Crippen LogP contribution in [-0.4, -0.2) is 32.4 Å². The average molecular weight is 414 g/mol. The van der Waals surface area contributed by atoms with E-state index in [4.69, 9.17) is 32.6 Å². The van der Waals surface area contributed by atoms with Gasteiger partial charge in [-0.2, -0.15) is 4.98 Å². The molecule has 2 heterocycles. The Bertz CT molecular complexity index is 1070. The molecule has 0 saturated carbocycles. The number of rotatable bonds is 4. The Morgan fingerprint density at radius 2 is 2.04 bits per heavy atom. The number of nitro groups is 1. The molecule has 12 heteroatoms. The fourth-order valence-corrected chi connectivity index (χ4v) is 2.87. The van der Waals surface area contributed by atoms with Gasteiger partial charge in [0.1, 0.15) is 17.7 Å². The molecule has 10 nitrogen and oxygen atoms in total. The van der Waals surface area contributed by atoms with Crippen molar-refractivity contribution in [2.75, 3.05) is 7.11 Å². The lowest BCUT2D eigenvalue weighted by Gasteiger charge is -2.04. The Balaban J connectivity index is 2.15. The van der Waals surface area contributed by atoms with Crippen molar-refractivity contribution in [3.05, 3.63) is 44.2 Å². The predicted octanol–water partition coefficient (Wildman–Crippen LogP) is 2.68. The smallest absolute Gasteiger partial charge is 0.336 e. The normalized spacial score (nSPS) is 10.8. The van der Waals surface area contributed by atoms with Gasteiger partial charge in [-0.15, -0.1) is 0 Å². The average Bonchev–Trinajstić information content (AvgIpc) is 3.10. The van der Waals surface area contributed by atoms with Crippen molar-refractivity contribution in [1.29, 1.82) is 0 Å². The standard InChI is InChI=1S/C15H10Cl2N4O6/c1-6-8(16)5-20(26-2)13(17)11(6)14-18-15(27-19-14)7-3-9(21(24)25)12(23)10(22)4-7/h3-5H,1-2H3,(H-,18,19,22,23)/p+1. The second-order valence-electron chi connectivity index (χ2n) is 5.32. The lowest BCUT2D eigenvalue weighted by atomic mass is 10.1. The van der Waals surface area contributed by atoms with Crippen molar-refractivity contribution in [2.45, 2.75) is 6.92 Å².